The van der Waals surface area contributed by atoms with Crippen LogP contribution in [0.1, 0.15) is 16.9 Å². The number of pyridine rings is 1. The van der Waals surface area contributed by atoms with E-state index >= 15 is 0 Å². The van der Waals surface area contributed by atoms with Crippen LogP contribution in [-0.2, 0) is 4.74 Å². The number of ether oxygens (including phenoxy) is 1. The highest BCUT2D eigenvalue weighted by Crippen LogP contribution is 2.24. The molecule has 0 spiro atoms. The van der Waals surface area contributed by atoms with Crippen molar-refractivity contribution in [2.24, 2.45) is 0 Å². The van der Waals surface area contributed by atoms with E-state index in [4.69, 9.17) is 4.74 Å². The van der Waals surface area contributed by atoms with Crippen molar-refractivity contribution in [3.05, 3.63) is 30.1 Å². The first-order valence-corrected chi connectivity index (χ1v) is 6.54. The van der Waals surface area contributed by atoms with Crippen LogP contribution in [0, 0.1) is 0 Å². The summed E-state index contributed by atoms with van der Waals surface area (Å²) in [6.45, 7) is 0.669. The van der Waals surface area contributed by atoms with Crippen LogP contribution in [0.3, 0.4) is 0 Å². The highest BCUT2D eigenvalue weighted by molar-refractivity contribution is 7.99. The molecule has 6 heteroatoms. The number of methoxy groups -OCH3 is 1. The van der Waals surface area contributed by atoms with Crippen molar-refractivity contribution in [3.63, 3.8) is 0 Å². The second-order valence-corrected chi connectivity index (χ2v) is 4.78. The van der Waals surface area contributed by atoms with Gasteiger partial charge in [-0.3, -0.25) is 4.40 Å². The molecule has 0 aliphatic carbocycles. The summed E-state index contributed by atoms with van der Waals surface area (Å²) in [5.41, 5.74) is 0.886. The van der Waals surface area contributed by atoms with Crippen molar-refractivity contribution < 1.29 is 14.6 Å². The van der Waals surface area contributed by atoms with Gasteiger partial charge in [0.25, 0.3) is 0 Å². The summed E-state index contributed by atoms with van der Waals surface area (Å²) < 4.78 is 6.56. The third-order valence-corrected chi connectivity index (χ3v) is 3.48. The molecule has 0 saturated heterocycles. The van der Waals surface area contributed by atoms with Gasteiger partial charge in [0, 0.05) is 25.7 Å². The Labute approximate surface area is 109 Å². The molecule has 0 aromatic carbocycles. The Hall–Kier alpha value is -1.53. The fourth-order valence-corrected chi connectivity index (χ4v) is 2.58. The zero-order chi connectivity index (χ0) is 13.0. The summed E-state index contributed by atoms with van der Waals surface area (Å²) in [5, 5.41) is 9.82. The number of carboxylic acids is 1. The highest BCUT2D eigenvalue weighted by atomic mass is 32.2. The Morgan fingerprint density at radius 3 is 3.11 bits per heavy atom. The third kappa shape index (κ3) is 2.65. The van der Waals surface area contributed by atoms with Gasteiger partial charge in [0.15, 0.2) is 5.69 Å². The molecule has 0 atom stereocenters. The second kappa shape index (κ2) is 5.88. The number of thioether (sulfide) groups is 1. The lowest BCUT2D eigenvalue weighted by Crippen LogP contribution is -2.03. The van der Waals surface area contributed by atoms with Gasteiger partial charge >= 0.3 is 5.97 Å². The standard InChI is InChI=1S/C12H14N2O3S/c1-17-7-4-8-18-11-10(12(15)16)14-6-3-2-5-9(14)13-11/h2-3,5-6H,4,7-8H2,1H3,(H,15,16). The first-order valence-electron chi connectivity index (χ1n) is 5.56. The van der Waals surface area contributed by atoms with Crippen LogP contribution in [0.2, 0.25) is 0 Å². The normalized spacial score (nSPS) is 10.9. The lowest BCUT2D eigenvalue weighted by Gasteiger charge is -2.00. The Balaban J connectivity index is 2.25. The van der Waals surface area contributed by atoms with Crippen molar-refractivity contribution in [1.29, 1.82) is 0 Å². The van der Waals surface area contributed by atoms with Crippen LogP contribution in [0.5, 0.6) is 0 Å². The van der Waals surface area contributed by atoms with Crippen LogP contribution in [0.25, 0.3) is 5.65 Å². The Kier molecular flexibility index (Phi) is 4.22. The molecule has 2 heterocycles. The van der Waals surface area contributed by atoms with Gasteiger partial charge in [0.1, 0.15) is 10.7 Å². The van der Waals surface area contributed by atoms with Crippen LogP contribution >= 0.6 is 11.8 Å². The summed E-state index contributed by atoms with van der Waals surface area (Å²) in [6.07, 6.45) is 2.58. The average Bonchev–Trinajstić information content (AvgIpc) is 2.73. The third-order valence-electron chi connectivity index (χ3n) is 2.43. The minimum absolute atomic E-state index is 0.230. The molecule has 0 bridgehead atoms. The summed E-state index contributed by atoms with van der Waals surface area (Å²) in [5.74, 6) is -0.166. The molecule has 0 unspecified atom stereocenters. The van der Waals surface area contributed by atoms with Gasteiger partial charge in [-0.15, -0.1) is 11.8 Å². The van der Waals surface area contributed by atoms with Gasteiger partial charge < -0.3 is 9.84 Å². The minimum Gasteiger partial charge on any atom is -0.476 e. The maximum Gasteiger partial charge on any atom is 0.355 e. The van der Waals surface area contributed by atoms with E-state index in [0.29, 0.717) is 17.3 Å². The molecule has 0 aliphatic heterocycles. The van der Waals surface area contributed by atoms with E-state index in [1.807, 2.05) is 6.07 Å². The Bertz CT molecular complexity index is 553. The van der Waals surface area contributed by atoms with E-state index in [9.17, 15) is 9.90 Å². The van der Waals surface area contributed by atoms with Crippen molar-refractivity contribution >= 4 is 23.4 Å². The molecule has 18 heavy (non-hydrogen) atoms. The molecule has 2 rings (SSSR count). The van der Waals surface area contributed by atoms with Crippen LogP contribution in [0.15, 0.2) is 29.4 Å². The molecule has 0 fully saturated rings. The zero-order valence-electron chi connectivity index (χ0n) is 10.00. The molecule has 0 amide bonds. The van der Waals surface area contributed by atoms with Crippen LogP contribution in [-0.4, -0.2) is 39.9 Å². The van der Waals surface area contributed by atoms with Gasteiger partial charge in [-0.05, 0) is 18.6 Å². The maximum absolute atomic E-state index is 11.3. The van der Waals surface area contributed by atoms with Crippen molar-refractivity contribution in [2.75, 3.05) is 19.5 Å². The Morgan fingerprint density at radius 1 is 1.56 bits per heavy atom. The number of carboxylic acid groups (broad SMARTS) is 1. The van der Waals surface area contributed by atoms with E-state index in [0.717, 1.165) is 12.2 Å². The number of aromatic nitrogens is 2. The van der Waals surface area contributed by atoms with Gasteiger partial charge in [-0.1, -0.05) is 6.07 Å². The van der Waals surface area contributed by atoms with E-state index < -0.39 is 5.97 Å². The zero-order valence-corrected chi connectivity index (χ0v) is 10.8. The molecular formula is C12H14N2O3S. The van der Waals surface area contributed by atoms with Crippen LogP contribution < -0.4 is 0 Å². The molecule has 0 saturated carbocycles. The quantitative estimate of drug-likeness (QED) is 0.641. The van der Waals surface area contributed by atoms with Crippen molar-refractivity contribution in [2.45, 2.75) is 11.4 Å². The number of nitrogens with zero attached hydrogens (tertiary/aromatic N) is 2. The number of hydrogen-bond acceptors (Lipinski definition) is 4. The molecular weight excluding hydrogens is 252 g/mol. The number of imidazole rings is 1. The Morgan fingerprint density at radius 2 is 2.39 bits per heavy atom. The van der Waals surface area contributed by atoms with E-state index in [1.165, 1.54) is 11.8 Å². The van der Waals surface area contributed by atoms with E-state index in [-0.39, 0.29) is 5.69 Å². The van der Waals surface area contributed by atoms with Crippen molar-refractivity contribution in [1.82, 2.24) is 9.38 Å². The van der Waals surface area contributed by atoms with Gasteiger partial charge in [0.2, 0.25) is 0 Å². The number of fused-ring (bicyclic) bond motifs is 1. The smallest absolute Gasteiger partial charge is 0.355 e. The lowest BCUT2D eigenvalue weighted by molar-refractivity contribution is 0.0685. The largest absolute Gasteiger partial charge is 0.476 e. The first kappa shape index (κ1) is 12.9. The molecule has 1 N–H and O–H groups in total. The fraction of sp³-hybridized carbons (Fsp3) is 0.333. The summed E-state index contributed by atoms with van der Waals surface area (Å²) in [7, 11) is 1.65. The van der Waals surface area contributed by atoms with E-state index in [2.05, 4.69) is 4.98 Å². The van der Waals surface area contributed by atoms with Gasteiger partial charge in [0.05, 0.1) is 0 Å². The highest BCUT2D eigenvalue weighted by Gasteiger charge is 2.18. The van der Waals surface area contributed by atoms with E-state index in [1.54, 1.807) is 29.8 Å². The number of carbonyl (C=O) groups is 1. The van der Waals surface area contributed by atoms with Gasteiger partial charge in [-0.2, -0.15) is 0 Å². The molecule has 96 valence electrons. The second-order valence-electron chi connectivity index (χ2n) is 3.69. The molecule has 5 nitrogen and oxygen atoms in total. The van der Waals surface area contributed by atoms with Crippen LogP contribution in [0.4, 0.5) is 0 Å². The lowest BCUT2D eigenvalue weighted by atomic mass is 10.4. The summed E-state index contributed by atoms with van der Waals surface area (Å²) in [4.78, 5) is 15.6. The SMILES string of the molecule is COCCCSc1nc2ccccn2c1C(=O)O. The number of aromatic carboxylic acids is 1. The average molecular weight is 266 g/mol. The predicted octanol–water partition coefficient (Wildman–Crippen LogP) is 2.16. The summed E-state index contributed by atoms with van der Waals surface area (Å²) >= 11 is 1.45. The minimum atomic E-state index is -0.956. The predicted molar refractivity (Wildman–Crippen MR) is 69.4 cm³/mol. The summed E-state index contributed by atoms with van der Waals surface area (Å²) in [6, 6.07) is 5.43. The maximum atomic E-state index is 11.3. The van der Waals surface area contributed by atoms with Gasteiger partial charge in [-0.25, -0.2) is 9.78 Å². The number of hydrogen-bond donors (Lipinski definition) is 1. The first-order chi connectivity index (χ1) is 8.74. The number of rotatable bonds is 6. The molecule has 2 aromatic rings. The van der Waals surface area contributed by atoms with Crippen molar-refractivity contribution in [3.8, 4) is 0 Å². The monoisotopic (exact) mass is 266 g/mol. The fourth-order valence-electron chi connectivity index (χ4n) is 1.64. The molecule has 2 aromatic heterocycles. The molecule has 0 aliphatic rings. The topological polar surface area (TPSA) is 63.8 Å². The molecule has 0 radical (unpaired) electrons.